The summed E-state index contributed by atoms with van der Waals surface area (Å²) in [6.45, 7) is 0.908. The Morgan fingerprint density at radius 1 is 1.05 bits per heavy atom. The van der Waals surface area contributed by atoms with Gasteiger partial charge in [-0.3, -0.25) is 0 Å². The minimum atomic E-state index is 0.712. The summed E-state index contributed by atoms with van der Waals surface area (Å²) < 4.78 is 2.18. The third kappa shape index (κ3) is 2.65. The topological polar surface area (TPSA) is 36.3 Å². The zero-order valence-corrected chi connectivity index (χ0v) is 11.3. The summed E-state index contributed by atoms with van der Waals surface area (Å²) in [5.41, 5.74) is 3.47. The van der Waals surface area contributed by atoms with Gasteiger partial charge >= 0.3 is 0 Å². The molecule has 1 heterocycles. The average Bonchev–Trinajstić information content (AvgIpc) is 2.90. The van der Waals surface area contributed by atoms with E-state index in [-0.39, 0.29) is 0 Å². The number of para-hydroxylation sites is 2. The smallest absolute Gasteiger partial charge is 0.165 e. The van der Waals surface area contributed by atoms with E-state index in [9.17, 15) is 0 Å². The predicted octanol–water partition coefficient (Wildman–Crippen LogP) is 3.22. The summed E-state index contributed by atoms with van der Waals surface area (Å²) in [5, 5.41) is 0. The van der Waals surface area contributed by atoms with Crippen molar-refractivity contribution in [2.45, 2.75) is 13.0 Å². The van der Waals surface area contributed by atoms with Crippen LogP contribution in [0.25, 0.3) is 11.0 Å². The van der Waals surface area contributed by atoms with Crippen molar-refractivity contribution in [3.8, 4) is 5.75 Å². The van der Waals surface area contributed by atoms with Crippen LogP contribution in [0.15, 0.2) is 54.9 Å². The third-order valence-corrected chi connectivity index (χ3v) is 3.27. The standard InChI is InChI=1S/C16H16N2O2/c1-19-20-14-8-6-13(7-9-14)10-11-18-12-17-15-4-2-3-5-16(15)18/h2-9,12H,10-11H2,1H3. The van der Waals surface area contributed by atoms with Gasteiger partial charge in [0.15, 0.2) is 5.75 Å². The second-order valence-corrected chi connectivity index (χ2v) is 4.57. The molecule has 0 aliphatic carbocycles. The van der Waals surface area contributed by atoms with E-state index in [4.69, 9.17) is 4.89 Å². The summed E-state index contributed by atoms with van der Waals surface area (Å²) in [7, 11) is 1.50. The van der Waals surface area contributed by atoms with Gasteiger partial charge in [-0.15, -0.1) is 0 Å². The fourth-order valence-corrected chi connectivity index (χ4v) is 2.25. The van der Waals surface area contributed by atoms with Gasteiger partial charge in [-0.1, -0.05) is 24.3 Å². The SMILES string of the molecule is COOc1ccc(CCn2cnc3ccccc32)cc1. The van der Waals surface area contributed by atoms with Crippen molar-refractivity contribution in [1.82, 2.24) is 9.55 Å². The fourth-order valence-electron chi connectivity index (χ4n) is 2.25. The molecule has 4 nitrogen and oxygen atoms in total. The maximum Gasteiger partial charge on any atom is 0.165 e. The first-order chi connectivity index (χ1) is 9.86. The summed E-state index contributed by atoms with van der Waals surface area (Å²) in [6.07, 6.45) is 2.85. The van der Waals surface area contributed by atoms with Crippen molar-refractivity contribution in [3.05, 3.63) is 60.4 Å². The van der Waals surface area contributed by atoms with Gasteiger partial charge in [-0.05, 0) is 36.2 Å². The Kier molecular flexibility index (Phi) is 3.65. The van der Waals surface area contributed by atoms with Gasteiger partial charge in [0, 0.05) is 6.54 Å². The minimum absolute atomic E-state index is 0.712. The first-order valence-corrected chi connectivity index (χ1v) is 6.56. The molecule has 0 radical (unpaired) electrons. The Hall–Kier alpha value is -2.33. The molecule has 0 atom stereocenters. The van der Waals surface area contributed by atoms with Crippen LogP contribution < -0.4 is 4.89 Å². The van der Waals surface area contributed by atoms with Gasteiger partial charge in [0.25, 0.3) is 0 Å². The molecule has 2 aromatic carbocycles. The van der Waals surface area contributed by atoms with E-state index >= 15 is 0 Å². The van der Waals surface area contributed by atoms with E-state index in [0.717, 1.165) is 18.5 Å². The van der Waals surface area contributed by atoms with Crippen molar-refractivity contribution in [1.29, 1.82) is 0 Å². The number of imidazole rings is 1. The molecule has 0 aliphatic heterocycles. The maximum atomic E-state index is 4.95. The Balaban J connectivity index is 1.69. The number of benzene rings is 2. The molecular formula is C16H16N2O2. The van der Waals surface area contributed by atoms with Gasteiger partial charge < -0.3 is 9.45 Å². The maximum absolute atomic E-state index is 4.95. The van der Waals surface area contributed by atoms with Crippen LogP contribution in [0.3, 0.4) is 0 Å². The minimum Gasteiger partial charge on any atom is -0.338 e. The number of aryl methyl sites for hydroxylation is 2. The van der Waals surface area contributed by atoms with Crippen LogP contribution in [0, 0.1) is 0 Å². The monoisotopic (exact) mass is 268 g/mol. The van der Waals surface area contributed by atoms with E-state index in [1.54, 1.807) is 0 Å². The van der Waals surface area contributed by atoms with E-state index in [1.165, 1.54) is 18.2 Å². The van der Waals surface area contributed by atoms with E-state index in [0.29, 0.717) is 5.75 Å². The van der Waals surface area contributed by atoms with Crippen LogP contribution >= 0.6 is 0 Å². The summed E-state index contributed by atoms with van der Waals surface area (Å²) in [5.74, 6) is 0.712. The Morgan fingerprint density at radius 3 is 2.65 bits per heavy atom. The second-order valence-electron chi connectivity index (χ2n) is 4.57. The quantitative estimate of drug-likeness (QED) is 0.526. The average molecular weight is 268 g/mol. The predicted molar refractivity (Wildman–Crippen MR) is 77.5 cm³/mol. The van der Waals surface area contributed by atoms with Crippen molar-refractivity contribution in [2.75, 3.05) is 7.11 Å². The van der Waals surface area contributed by atoms with Crippen LogP contribution in [0.5, 0.6) is 5.75 Å². The lowest BCUT2D eigenvalue weighted by Crippen LogP contribution is -2.00. The van der Waals surface area contributed by atoms with Gasteiger partial charge in [-0.2, -0.15) is 4.89 Å². The molecule has 0 amide bonds. The molecule has 3 rings (SSSR count). The zero-order chi connectivity index (χ0) is 13.8. The highest BCUT2D eigenvalue weighted by Gasteiger charge is 2.02. The Morgan fingerprint density at radius 2 is 1.85 bits per heavy atom. The van der Waals surface area contributed by atoms with Crippen molar-refractivity contribution >= 4 is 11.0 Å². The highest BCUT2D eigenvalue weighted by Crippen LogP contribution is 2.15. The van der Waals surface area contributed by atoms with Crippen LogP contribution in [-0.2, 0) is 17.9 Å². The van der Waals surface area contributed by atoms with E-state index in [1.807, 2.05) is 48.8 Å². The molecule has 0 bridgehead atoms. The molecule has 0 unspecified atom stereocenters. The molecular weight excluding hydrogens is 252 g/mol. The first kappa shape index (κ1) is 12.7. The van der Waals surface area contributed by atoms with Gasteiger partial charge in [0.2, 0.25) is 0 Å². The fraction of sp³-hybridized carbons (Fsp3) is 0.188. The molecule has 0 spiro atoms. The molecule has 0 N–H and O–H groups in total. The lowest BCUT2D eigenvalue weighted by molar-refractivity contribution is -0.178. The van der Waals surface area contributed by atoms with Gasteiger partial charge in [0.1, 0.15) is 0 Å². The van der Waals surface area contributed by atoms with Gasteiger partial charge in [-0.25, -0.2) is 4.98 Å². The molecule has 0 saturated carbocycles. The Labute approximate surface area is 117 Å². The Bertz CT molecular complexity index is 689. The largest absolute Gasteiger partial charge is 0.338 e. The first-order valence-electron chi connectivity index (χ1n) is 6.56. The van der Waals surface area contributed by atoms with E-state index < -0.39 is 0 Å². The van der Waals surface area contributed by atoms with Crippen molar-refractivity contribution in [3.63, 3.8) is 0 Å². The van der Waals surface area contributed by atoms with E-state index in [2.05, 4.69) is 20.5 Å². The number of aromatic nitrogens is 2. The molecule has 4 heteroatoms. The van der Waals surface area contributed by atoms with Crippen LogP contribution in [0.2, 0.25) is 0 Å². The number of fused-ring (bicyclic) bond motifs is 1. The molecule has 20 heavy (non-hydrogen) atoms. The molecule has 0 aliphatic rings. The third-order valence-electron chi connectivity index (χ3n) is 3.27. The second kappa shape index (κ2) is 5.75. The number of nitrogens with zero attached hydrogens (tertiary/aromatic N) is 2. The van der Waals surface area contributed by atoms with Crippen LogP contribution in [-0.4, -0.2) is 16.7 Å². The zero-order valence-electron chi connectivity index (χ0n) is 11.3. The normalized spacial score (nSPS) is 10.8. The van der Waals surface area contributed by atoms with Gasteiger partial charge in [0.05, 0.1) is 24.5 Å². The van der Waals surface area contributed by atoms with Crippen molar-refractivity contribution < 1.29 is 9.78 Å². The van der Waals surface area contributed by atoms with Crippen LogP contribution in [0.4, 0.5) is 0 Å². The lowest BCUT2D eigenvalue weighted by atomic mass is 10.1. The summed E-state index contributed by atoms with van der Waals surface area (Å²) >= 11 is 0. The van der Waals surface area contributed by atoms with Crippen LogP contribution in [0.1, 0.15) is 5.56 Å². The molecule has 3 aromatic rings. The number of hydrogen-bond acceptors (Lipinski definition) is 3. The number of rotatable bonds is 5. The highest BCUT2D eigenvalue weighted by molar-refractivity contribution is 5.74. The summed E-state index contributed by atoms with van der Waals surface area (Å²) in [4.78, 5) is 14.0. The van der Waals surface area contributed by atoms with Crippen molar-refractivity contribution in [2.24, 2.45) is 0 Å². The molecule has 1 aromatic heterocycles. The highest BCUT2D eigenvalue weighted by atomic mass is 17.2. The number of hydrogen-bond donors (Lipinski definition) is 0. The molecule has 0 saturated heterocycles. The molecule has 0 fully saturated rings. The molecule has 102 valence electrons. The lowest BCUT2D eigenvalue weighted by Gasteiger charge is -2.06. The summed E-state index contributed by atoms with van der Waals surface area (Å²) in [6, 6.07) is 16.1.